The normalized spacial score (nSPS) is 12.9. The fourth-order valence-corrected chi connectivity index (χ4v) is 3.85. The zero-order chi connectivity index (χ0) is 21.8. The number of carbonyl (C=O) groups excluding carboxylic acids is 1. The highest BCUT2D eigenvalue weighted by Crippen LogP contribution is 2.44. The van der Waals surface area contributed by atoms with Crippen molar-refractivity contribution < 1.29 is 19.4 Å². The van der Waals surface area contributed by atoms with Crippen molar-refractivity contribution in [3.05, 3.63) is 89.2 Å². The second kappa shape index (κ2) is 8.67. The third-order valence-electron chi connectivity index (χ3n) is 5.27. The number of nitriles is 1. The Balaban J connectivity index is 1.43. The highest BCUT2D eigenvalue weighted by Gasteiger charge is 2.29. The number of fused-ring (bicyclic) bond motifs is 3. The van der Waals surface area contributed by atoms with Gasteiger partial charge in [0.15, 0.2) is 0 Å². The first-order chi connectivity index (χ1) is 15.1. The number of nitrogens with one attached hydrogen (secondary N) is 1. The summed E-state index contributed by atoms with van der Waals surface area (Å²) in [4.78, 5) is 28.1. The van der Waals surface area contributed by atoms with Gasteiger partial charge >= 0.3 is 12.1 Å². The van der Waals surface area contributed by atoms with Crippen LogP contribution in [0.3, 0.4) is 0 Å². The van der Waals surface area contributed by atoms with Crippen LogP contribution in [0.25, 0.3) is 11.1 Å². The number of amides is 1. The van der Waals surface area contributed by atoms with Gasteiger partial charge in [-0.15, -0.1) is 0 Å². The molecular formula is C24H19N3O4. The van der Waals surface area contributed by atoms with Gasteiger partial charge < -0.3 is 15.2 Å². The Labute approximate surface area is 178 Å². The number of alkyl carbamates (subject to hydrolysis) is 1. The van der Waals surface area contributed by atoms with E-state index in [1.54, 1.807) is 12.1 Å². The lowest BCUT2D eigenvalue weighted by Crippen LogP contribution is -2.43. The molecule has 7 nitrogen and oxygen atoms in total. The molecule has 1 amide bonds. The predicted molar refractivity (Wildman–Crippen MR) is 112 cm³/mol. The zero-order valence-corrected chi connectivity index (χ0v) is 16.5. The lowest BCUT2D eigenvalue weighted by atomic mass is 9.98. The molecule has 0 saturated carbocycles. The monoisotopic (exact) mass is 413 g/mol. The van der Waals surface area contributed by atoms with E-state index in [1.165, 1.54) is 6.07 Å². The highest BCUT2D eigenvalue weighted by atomic mass is 16.5. The van der Waals surface area contributed by atoms with Crippen LogP contribution < -0.4 is 5.32 Å². The number of nitrogens with zero attached hydrogens (tertiary/aromatic N) is 2. The number of pyridine rings is 1. The molecule has 0 radical (unpaired) electrons. The summed E-state index contributed by atoms with van der Waals surface area (Å²) in [6.45, 7) is 0.0916. The minimum Gasteiger partial charge on any atom is -0.480 e. The number of ether oxygens (including phenoxy) is 1. The maximum atomic E-state index is 12.4. The quantitative estimate of drug-likeness (QED) is 0.640. The molecule has 0 aliphatic heterocycles. The minimum absolute atomic E-state index is 0.0605. The molecule has 0 bridgehead atoms. The molecule has 0 saturated heterocycles. The maximum absolute atomic E-state index is 12.4. The molecule has 0 spiro atoms. The van der Waals surface area contributed by atoms with Gasteiger partial charge in [0.05, 0.1) is 0 Å². The summed E-state index contributed by atoms with van der Waals surface area (Å²) >= 11 is 0. The minimum atomic E-state index is -1.22. The molecule has 154 valence electrons. The Bertz CT molecular complexity index is 1140. The summed E-state index contributed by atoms with van der Waals surface area (Å²) < 4.78 is 5.42. The Kier molecular flexibility index (Phi) is 5.63. The first-order valence-corrected chi connectivity index (χ1v) is 9.77. The van der Waals surface area contributed by atoms with Crippen LogP contribution in [0.15, 0.2) is 66.7 Å². The Morgan fingerprint density at radius 1 is 1.03 bits per heavy atom. The number of rotatable bonds is 6. The molecule has 31 heavy (non-hydrogen) atoms. The van der Waals surface area contributed by atoms with Crippen LogP contribution in [-0.4, -0.2) is 34.8 Å². The van der Waals surface area contributed by atoms with Crippen molar-refractivity contribution in [2.24, 2.45) is 0 Å². The van der Waals surface area contributed by atoms with E-state index in [9.17, 15) is 14.7 Å². The third-order valence-corrected chi connectivity index (χ3v) is 5.27. The highest BCUT2D eigenvalue weighted by molar-refractivity contribution is 5.81. The van der Waals surface area contributed by atoms with Crippen molar-refractivity contribution in [2.45, 2.75) is 18.4 Å². The van der Waals surface area contributed by atoms with E-state index < -0.39 is 18.1 Å². The van der Waals surface area contributed by atoms with Crippen LogP contribution in [-0.2, 0) is 16.0 Å². The summed E-state index contributed by atoms with van der Waals surface area (Å²) in [7, 11) is 0. The molecule has 0 fully saturated rings. The second-order valence-electron chi connectivity index (χ2n) is 7.19. The number of hydrogen-bond acceptors (Lipinski definition) is 5. The van der Waals surface area contributed by atoms with Gasteiger partial charge in [-0.3, -0.25) is 0 Å². The average molecular weight is 413 g/mol. The molecule has 4 rings (SSSR count). The van der Waals surface area contributed by atoms with Crippen molar-refractivity contribution in [2.75, 3.05) is 6.61 Å². The number of benzene rings is 2. The van der Waals surface area contributed by atoms with Gasteiger partial charge in [0, 0.05) is 18.0 Å². The molecule has 3 aromatic rings. The Morgan fingerprint density at radius 3 is 2.29 bits per heavy atom. The molecule has 1 aliphatic rings. The number of hydrogen-bond donors (Lipinski definition) is 2. The Morgan fingerprint density at radius 2 is 1.68 bits per heavy atom. The van der Waals surface area contributed by atoms with Crippen molar-refractivity contribution in [3.8, 4) is 17.2 Å². The fraction of sp³-hybridized carbons (Fsp3) is 0.167. The van der Waals surface area contributed by atoms with Crippen LogP contribution in [0.5, 0.6) is 0 Å². The molecule has 1 heterocycles. The van der Waals surface area contributed by atoms with Gasteiger partial charge in [0.1, 0.15) is 24.4 Å². The first kappa shape index (κ1) is 20.1. The lowest BCUT2D eigenvalue weighted by molar-refractivity contribution is -0.139. The molecule has 1 atom stereocenters. The van der Waals surface area contributed by atoms with Gasteiger partial charge in [0.25, 0.3) is 0 Å². The summed E-state index contributed by atoms with van der Waals surface area (Å²) in [5.74, 6) is -1.33. The van der Waals surface area contributed by atoms with Gasteiger partial charge in [0.2, 0.25) is 0 Å². The number of carboxylic acid groups (broad SMARTS) is 1. The third kappa shape index (κ3) is 4.23. The van der Waals surface area contributed by atoms with Crippen molar-refractivity contribution in [1.82, 2.24) is 10.3 Å². The molecule has 2 aromatic carbocycles. The predicted octanol–water partition coefficient (Wildman–Crippen LogP) is 3.49. The molecule has 1 aliphatic carbocycles. The summed E-state index contributed by atoms with van der Waals surface area (Å²) in [6.07, 6.45) is -0.875. The van der Waals surface area contributed by atoms with Crippen molar-refractivity contribution >= 4 is 12.1 Å². The van der Waals surface area contributed by atoms with Crippen molar-refractivity contribution in [1.29, 1.82) is 5.26 Å². The average Bonchev–Trinajstić information content (AvgIpc) is 3.11. The van der Waals surface area contributed by atoms with Gasteiger partial charge in [-0.25, -0.2) is 14.6 Å². The van der Waals surface area contributed by atoms with Crippen LogP contribution in [0.4, 0.5) is 4.79 Å². The maximum Gasteiger partial charge on any atom is 0.407 e. The topological polar surface area (TPSA) is 112 Å². The van der Waals surface area contributed by atoms with Gasteiger partial charge in [-0.2, -0.15) is 5.26 Å². The van der Waals surface area contributed by atoms with E-state index >= 15 is 0 Å². The van der Waals surface area contributed by atoms with E-state index in [0.29, 0.717) is 5.69 Å². The number of carbonyl (C=O) groups is 2. The summed E-state index contributed by atoms with van der Waals surface area (Å²) in [6, 6.07) is 21.4. The summed E-state index contributed by atoms with van der Waals surface area (Å²) in [5, 5.41) is 20.8. The van der Waals surface area contributed by atoms with Crippen LogP contribution in [0, 0.1) is 11.3 Å². The van der Waals surface area contributed by atoms with Gasteiger partial charge in [-0.1, -0.05) is 54.6 Å². The number of aromatic nitrogens is 1. The van der Waals surface area contributed by atoms with E-state index in [4.69, 9.17) is 10.00 Å². The number of carboxylic acids is 1. The smallest absolute Gasteiger partial charge is 0.407 e. The molecular weight excluding hydrogens is 394 g/mol. The second-order valence-corrected chi connectivity index (χ2v) is 7.19. The number of aliphatic carboxylic acids is 1. The lowest BCUT2D eigenvalue weighted by Gasteiger charge is -2.17. The molecule has 2 N–H and O–H groups in total. The molecule has 7 heteroatoms. The van der Waals surface area contributed by atoms with Crippen LogP contribution in [0.1, 0.15) is 28.4 Å². The SMILES string of the molecule is N#Cc1cccc(CC(NC(=O)OCC2c3ccccc3-c3ccccc32)C(=O)O)n1. The fourth-order valence-electron chi connectivity index (χ4n) is 3.85. The standard InChI is InChI=1S/C24H19N3O4/c25-13-16-7-5-6-15(26-16)12-22(23(28)29)27-24(30)31-14-21-19-10-3-1-8-17(19)18-9-2-4-11-20(18)21/h1-11,21-22H,12,14H2,(H,27,30)(H,28,29). The Hall–Kier alpha value is -4.18. The first-order valence-electron chi connectivity index (χ1n) is 9.77. The van der Waals surface area contributed by atoms with E-state index in [0.717, 1.165) is 22.3 Å². The van der Waals surface area contributed by atoms with Crippen molar-refractivity contribution in [3.63, 3.8) is 0 Å². The van der Waals surface area contributed by atoms with Gasteiger partial charge in [-0.05, 0) is 34.4 Å². The van der Waals surface area contributed by atoms with Crippen LogP contribution >= 0.6 is 0 Å². The van der Waals surface area contributed by atoms with Crippen LogP contribution in [0.2, 0.25) is 0 Å². The van der Waals surface area contributed by atoms with E-state index in [2.05, 4.69) is 10.3 Å². The van der Waals surface area contributed by atoms with E-state index in [-0.39, 0.29) is 24.6 Å². The largest absolute Gasteiger partial charge is 0.480 e. The van der Waals surface area contributed by atoms with E-state index in [1.807, 2.05) is 54.6 Å². The zero-order valence-electron chi connectivity index (χ0n) is 16.5. The summed E-state index contributed by atoms with van der Waals surface area (Å²) in [5.41, 5.74) is 4.94. The molecule has 1 aromatic heterocycles. The molecule has 1 unspecified atom stereocenters.